The van der Waals surface area contributed by atoms with Gasteiger partial charge in [-0.05, 0) is 92.3 Å². The van der Waals surface area contributed by atoms with Crippen molar-refractivity contribution in [3.05, 3.63) is 35.5 Å². The molecule has 2 nitrogen and oxygen atoms in total. The predicted molar refractivity (Wildman–Crippen MR) is 135 cm³/mol. The fourth-order valence-corrected chi connectivity index (χ4v) is 7.70. The number of rotatable bonds is 5. The Morgan fingerprint density at radius 2 is 1.87 bits per heavy atom. The Hall–Kier alpha value is -0.933. The van der Waals surface area contributed by atoms with E-state index in [-0.39, 0.29) is 11.0 Å². The molecule has 0 bridgehead atoms. The average Bonchev–Trinajstić information content (AvgIpc) is 3.04. The Morgan fingerprint density at radius 3 is 2.52 bits per heavy atom. The van der Waals surface area contributed by atoms with E-state index in [0.29, 0.717) is 23.4 Å². The third-order valence-electron chi connectivity index (χ3n) is 9.32. The smallest absolute Gasteiger partial charge is 0.192 e. The summed E-state index contributed by atoms with van der Waals surface area (Å²) in [6.45, 7) is 20.7. The largest absolute Gasteiger partial charge is 0.414 e. The van der Waals surface area contributed by atoms with Crippen LogP contribution in [0.25, 0.3) is 0 Å². The molecule has 0 spiro atoms. The van der Waals surface area contributed by atoms with Crippen molar-refractivity contribution in [2.75, 3.05) is 0 Å². The molecule has 0 aromatic heterocycles. The zero-order valence-electron chi connectivity index (χ0n) is 21.2. The van der Waals surface area contributed by atoms with Gasteiger partial charge in [0.05, 0.1) is 0 Å². The summed E-state index contributed by atoms with van der Waals surface area (Å²) in [5, 5.41) is 0.248. The van der Waals surface area contributed by atoms with E-state index in [4.69, 9.17) is 4.43 Å². The third-order valence-corrected chi connectivity index (χ3v) is 13.9. The van der Waals surface area contributed by atoms with Gasteiger partial charge < -0.3 is 9.22 Å². The number of aldehydes is 1. The number of carbonyl (C=O) groups excluding carboxylic acids is 1. The quantitative estimate of drug-likeness (QED) is 0.318. The summed E-state index contributed by atoms with van der Waals surface area (Å²) < 4.78 is 6.75. The lowest BCUT2D eigenvalue weighted by molar-refractivity contribution is -0.113. The Bertz CT molecular complexity index is 753. The second-order valence-corrected chi connectivity index (χ2v) is 17.1. The highest BCUT2D eigenvalue weighted by Gasteiger charge is 2.50. The van der Waals surface area contributed by atoms with Crippen molar-refractivity contribution in [1.82, 2.24) is 0 Å². The molecular formula is C28H46O2Si. The fraction of sp³-hybridized carbons (Fsp3) is 0.750. The summed E-state index contributed by atoms with van der Waals surface area (Å²) in [6, 6.07) is 0. The van der Waals surface area contributed by atoms with Gasteiger partial charge in [0.25, 0.3) is 0 Å². The highest BCUT2D eigenvalue weighted by Crippen LogP contribution is 2.59. The van der Waals surface area contributed by atoms with Crippen molar-refractivity contribution >= 4 is 14.6 Å². The molecular weight excluding hydrogens is 396 g/mol. The van der Waals surface area contributed by atoms with Crippen LogP contribution in [-0.2, 0) is 9.22 Å². The SMILES string of the molecule is C=C1CC[C@H](O[Si](C)(C)C(C)(C)C)CC1=C/C=C1\CCC[C@]2(C)[C@@H]([C@H](C)C=O)CC[C@@H]12. The third kappa shape index (κ3) is 5.03. The van der Waals surface area contributed by atoms with Gasteiger partial charge in [-0.15, -0.1) is 0 Å². The van der Waals surface area contributed by atoms with Crippen LogP contribution in [0.3, 0.4) is 0 Å². The summed E-state index contributed by atoms with van der Waals surface area (Å²) in [5.41, 5.74) is 4.59. The molecule has 0 saturated heterocycles. The van der Waals surface area contributed by atoms with Crippen LogP contribution in [-0.4, -0.2) is 20.7 Å². The normalized spacial score (nSPS) is 36.0. The van der Waals surface area contributed by atoms with Gasteiger partial charge in [0.2, 0.25) is 0 Å². The summed E-state index contributed by atoms with van der Waals surface area (Å²) in [6.07, 6.45) is 15.7. The first kappa shape index (κ1) is 24.7. The minimum Gasteiger partial charge on any atom is -0.414 e. The molecule has 5 atom stereocenters. The van der Waals surface area contributed by atoms with Crippen molar-refractivity contribution in [1.29, 1.82) is 0 Å². The van der Waals surface area contributed by atoms with E-state index in [0.717, 1.165) is 19.3 Å². The Morgan fingerprint density at radius 1 is 1.16 bits per heavy atom. The standard InChI is InChI=1S/C28H46O2Si/c1-20-11-14-24(30-31(7,8)27(3,4)5)18-23(20)13-12-22-10-9-17-28(6)25(21(2)19-29)15-16-26(22)28/h12-13,19,21,24-26H,1,9-11,14-18H2,2-8H3/b22-12+,23-13?/t21-,24+,25-,26+,28-/m1/s1. The Balaban J connectivity index is 1.76. The molecule has 31 heavy (non-hydrogen) atoms. The van der Waals surface area contributed by atoms with Crippen LogP contribution in [0.2, 0.25) is 18.1 Å². The Kier molecular flexibility index (Phi) is 7.28. The summed E-state index contributed by atoms with van der Waals surface area (Å²) in [5.74, 6) is 1.36. The van der Waals surface area contributed by atoms with Gasteiger partial charge >= 0.3 is 0 Å². The van der Waals surface area contributed by atoms with Gasteiger partial charge in [-0.2, -0.15) is 0 Å². The molecule has 0 amide bonds. The van der Waals surface area contributed by atoms with Crippen molar-refractivity contribution in [2.24, 2.45) is 23.2 Å². The fourth-order valence-electron chi connectivity index (χ4n) is 6.31. The molecule has 0 aliphatic heterocycles. The molecule has 3 saturated carbocycles. The van der Waals surface area contributed by atoms with Gasteiger partial charge in [0, 0.05) is 12.0 Å². The highest BCUT2D eigenvalue weighted by molar-refractivity contribution is 6.74. The van der Waals surface area contributed by atoms with Gasteiger partial charge in [-0.25, -0.2) is 0 Å². The molecule has 3 rings (SSSR count). The van der Waals surface area contributed by atoms with E-state index >= 15 is 0 Å². The van der Waals surface area contributed by atoms with Crippen molar-refractivity contribution in [2.45, 2.75) is 110 Å². The first-order valence-corrected chi connectivity index (χ1v) is 15.5. The number of hydrogen-bond acceptors (Lipinski definition) is 2. The average molecular weight is 443 g/mol. The van der Waals surface area contributed by atoms with E-state index in [1.54, 1.807) is 5.57 Å². The first-order valence-electron chi connectivity index (χ1n) is 12.6. The number of fused-ring (bicyclic) bond motifs is 1. The number of carbonyl (C=O) groups is 1. The van der Waals surface area contributed by atoms with Gasteiger partial charge in [0.15, 0.2) is 8.32 Å². The zero-order valence-corrected chi connectivity index (χ0v) is 22.2. The molecule has 0 aromatic carbocycles. The van der Waals surface area contributed by atoms with Crippen LogP contribution in [0.5, 0.6) is 0 Å². The van der Waals surface area contributed by atoms with Crippen LogP contribution in [0.15, 0.2) is 35.5 Å². The van der Waals surface area contributed by atoms with E-state index in [9.17, 15) is 4.79 Å². The maximum absolute atomic E-state index is 11.5. The van der Waals surface area contributed by atoms with Gasteiger partial charge in [-0.1, -0.05) is 64.5 Å². The molecule has 0 N–H and O–H groups in total. The topological polar surface area (TPSA) is 26.3 Å². The molecule has 0 heterocycles. The van der Waals surface area contributed by atoms with Crippen molar-refractivity contribution in [3.63, 3.8) is 0 Å². The number of hydrogen-bond donors (Lipinski definition) is 0. The lowest BCUT2D eigenvalue weighted by Gasteiger charge is -2.43. The summed E-state index contributed by atoms with van der Waals surface area (Å²) in [4.78, 5) is 11.5. The van der Waals surface area contributed by atoms with Crippen LogP contribution >= 0.6 is 0 Å². The maximum Gasteiger partial charge on any atom is 0.192 e. The molecule has 3 aliphatic carbocycles. The molecule has 0 unspecified atom stereocenters. The molecule has 0 radical (unpaired) electrons. The number of allylic oxidation sites excluding steroid dienone is 4. The van der Waals surface area contributed by atoms with E-state index in [2.05, 4.69) is 66.4 Å². The monoisotopic (exact) mass is 442 g/mol. The molecule has 3 fully saturated rings. The van der Waals surface area contributed by atoms with E-state index in [1.807, 2.05) is 0 Å². The van der Waals surface area contributed by atoms with E-state index < -0.39 is 8.32 Å². The maximum atomic E-state index is 11.5. The molecule has 0 aromatic rings. The van der Waals surface area contributed by atoms with Crippen molar-refractivity contribution in [3.8, 4) is 0 Å². The van der Waals surface area contributed by atoms with Crippen LogP contribution in [0.1, 0.15) is 86.0 Å². The summed E-state index contributed by atoms with van der Waals surface area (Å²) >= 11 is 0. The minimum absolute atomic E-state index is 0.180. The zero-order chi connectivity index (χ0) is 23.0. The second kappa shape index (κ2) is 9.13. The van der Waals surface area contributed by atoms with Gasteiger partial charge in [0.1, 0.15) is 6.29 Å². The summed E-state index contributed by atoms with van der Waals surface area (Å²) in [7, 11) is -1.75. The Labute approximate surface area is 192 Å². The van der Waals surface area contributed by atoms with Crippen LogP contribution < -0.4 is 0 Å². The minimum atomic E-state index is -1.75. The van der Waals surface area contributed by atoms with E-state index in [1.165, 1.54) is 49.5 Å². The van der Waals surface area contributed by atoms with Crippen molar-refractivity contribution < 1.29 is 9.22 Å². The molecule has 174 valence electrons. The molecule has 3 aliphatic rings. The highest BCUT2D eigenvalue weighted by atomic mass is 28.4. The lowest BCUT2D eigenvalue weighted by atomic mass is 9.61. The second-order valence-electron chi connectivity index (χ2n) is 12.4. The predicted octanol–water partition coefficient (Wildman–Crippen LogP) is 8.02. The molecule has 3 heteroatoms. The van der Waals surface area contributed by atoms with Crippen LogP contribution in [0, 0.1) is 23.2 Å². The van der Waals surface area contributed by atoms with Crippen LogP contribution in [0.4, 0.5) is 0 Å². The first-order chi connectivity index (χ1) is 14.4. The van der Waals surface area contributed by atoms with Gasteiger partial charge in [-0.3, -0.25) is 0 Å². The lowest BCUT2D eigenvalue weighted by Crippen LogP contribution is -2.44.